The molecular weight excluding hydrogens is 256 g/mol. The Morgan fingerprint density at radius 2 is 1.57 bits per heavy atom. The predicted molar refractivity (Wildman–Crippen MR) is 92.2 cm³/mol. The van der Waals surface area contributed by atoms with E-state index >= 15 is 0 Å². The van der Waals surface area contributed by atoms with Gasteiger partial charge in [-0.2, -0.15) is 0 Å². The molecule has 2 heteroatoms. The first-order valence-corrected chi connectivity index (χ1v) is 8.92. The summed E-state index contributed by atoms with van der Waals surface area (Å²) in [6.45, 7) is 0. The highest BCUT2D eigenvalue weighted by Gasteiger charge is 2.19. The van der Waals surface area contributed by atoms with Crippen LogP contribution < -0.4 is 10.2 Å². The van der Waals surface area contributed by atoms with Crippen LogP contribution in [-0.4, -0.2) is 19.1 Å². The Morgan fingerprint density at radius 1 is 0.905 bits per heavy atom. The second-order valence-corrected chi connectivity index (χ2v) is 6.93. The van der Waals surface area contributed by atoms with Crippen LogP contribution in [0.15, 0.2) is 24.3 Å². The molecule has 0 atom stereocenters. The first kappa shape index (κ1) is 14.7. The molecule has 21 heavy (non-hydrogen) atoms. The molecule has 0 spiro atoms. The van der Waals surface area contributed by atoms with Gasteiger partial charge >= 0.3 is 0 Å². The van der Waals surface area contributed by atoms with E-state index in [4.69, 9.17) is 0 Å². The molecule has 1 aromatic rings. The molecule has 3 rings (SSSR count). The minimum atomic E-state index is 0.689. The zero-order chi connectivity index (χ0) is 14.5. The second-order valence-electron chi connectivity index (χ2n) is 6.93. The van der Waals surface area contributed by atoms with E-state index in [9.17, 15) is 0 Å². The van der Waals surface area contributed by atoms with Gasteiger partial charge in [0.25, 0.3) is 0 Å². The Bertz CT molecular complexity index is 431. The number of rotatable bonds is 4. The fourth-order valence-corrected chi connectivity index (χ4v) is 3.98. The highest BCUT2D eigenvalue weighted by molar-refractivity contribution is 5.58. The molecule has 0 heterocycles. The maximum Gasteiger partial charge on any atom is 0.0386 e. The van der Waals surface area contributed by atoms with Gasteiger partial charge in [-0.1, -0.05) is 44.6 Å². The van der Waals surface area contributed by atoms with E-state index in [1.165, 1.54) is 75.6 Å². The highest BCUT2D eigenvalue weighted by Crippen LogP contribution is 2.28. The van der Waals surface area contributed by atoms with E-state index in [-0.39, 0.29) is 0 Å². The summed E-state index contributed by atoms with van der Waals surface area (Å²) in [4.78, 5) is 2.51. The Balaban J connectivity index is 1.64. The summed E-state index contributed by atoms with van der Waals surface area (Å²) in [7, 11) is 2.27. The molecule has 2 aliphatic carbocycles. The molecule has 2 nitrogen and oxygen atoms in total. The molecule has 0 bridgehead atoms. The van der Waals surface area contributed by atoms with Crippen molar-refractivity contribution in [1.29, 1.82) is 0 Å². The summed E-state index contributed by atoms with van der Waals surface area (Å²) in [6.07, 6.45) is 13.8. The lowest BCUT2D eigenvalue weighted by Gasteiger charge is -2.33. The fourth-order valence-electron chi connectivity index (χ4n) is 3.98. The van der Waals surface area contributed by atoms with Crippen LogP contribution in [0.1, 0.15) is 64.2 Å². The molecule has 116 valence electrons. The first-order valence-electron chi connectivity index (χ1n) is 8.92. The maximum absolute atomic E-state index is 3.75. The first-order chi connectivity index (χ1) is 10.3. The summed E-state index contributed by atoms with van der Waals surface area (Å²) in [5.74, 6) is 0. The molecule has 1 aromatic carbocycles. The summed E-state index contributed by atoms with van der Waals surface area (Å²) in [5.41, 5.74) is 2.68. The highest BCUT2D eigenvalue weighted by atomic mass is 15.1. The van der Waals surface area contributed by atoms with E-state index < -0.39 is 0 Å². The lowest BCUT2D eigenvalue weighted by atomic mass is 9.94. The van der Waals surface area contributed by atoms with E-state index in [0.717, 1.165) is 6.04 Å². The zero-order valence-electron chi connectivity index (χ0n) is 13.5. The number of hydrogen-bond donors (Lipinski definition) is 1. The van der Waals surface area contributed by atoms with Gasteiger partial charge in [-0.25, -0.2) is 0 Å². The Hall–Kier alpha value is -1.18. The fraction of sp³-hybridized carbons (Fsp3) is 0.684. The molecular formula is C19H30N2. The predicted octanol–water partition coefficient (Wildman–Crippen LogP) is 5.20. The SMILES string of the molecule is CN(c1cccc(NC2CCCCC2)c1)C1CCCCC1. The minimum Gasteiger partial charge on any atom is -0.382 e. The van der Waals surface area contributed by atoms with Crippen molar-refractivity contribution in [3.8, 4) is 0 Å². The van der Waals surface area contributed by atoms with Crippen molar-refractivity contribution in [1.82, 2.24) is 0 Å². The van der Waals surface area contributed by atoms with E-state index in [1.807, 2.05) is 0 Å². The standard InChI is InChI=1S/C19H30N2/c1-21(18-12-6-3-7-13-18)19-14-8-11-17(15-19)20-16-9-4-2-5-10-16/h8,11,14-16,18,20H,2-7,9-10,12-13H2,1H3. The van der Waals surface area contributed by atoms with Crippen molar-refractivity contribution in [2.75, 3.05) is 17.3 Å². The van der Waals surface area contributed by atoms with Gasteiger partial charge in [0, 0.05) is 30.5 Å². The van der Waals surface area contributed by atoms with Gasteiger partial charge < -0.3 is 10.2 Å². The van der Waals surface area contributed by atoms with Gasteiger partial charge in [0.1, 0.15) is 0 Å². The third-order valence-electron chi connectivity index (χ3n) is 5.35. The van der Waals surface area contributed by atoms with Crippen LogP contribution in [0.25, 0.3) is 0 Å². The molecule has 0 unspecified atom stereocenters. The second kappa shape index (κ2) is 7.20. The largest absolute Gasteiger partial charge is 0.382 e. The monoisotopic (exact) mass is 286 g/mol. The van der Waals surface area contributed by atoms with Crippen molar-refractivity contribution < 1.29 is 0 Å². The Kier molecular flexibility index (Phi) is 5.05. The normalized spacial score (nSPS) is 21.2. The minimum absolute atomic E-state index is 0.689. The maximum atomic E-state index is 3.75. The summed E-state index contributed by atoms with van der Waals surface area (Å²) >= 11 is 0. The summed E-state index contributed by atoms with van der Waals surface area (Å²) in [5, 5.41) is 3.75. The van der Waals surface area contributed by atoms with Gasteiger partial charge in [0.2, 0.25) is 0 Å². The molecule has 0 amide bonds. The third kappa shape index (κ3) is 3.93. The van der Waals surface area contributed by atoms with Gasteiger partial charge in [0.15, 0.2) is 0 Å². The van der Waals surface area contributed by atoms with E-state index in [1.54, 1.807) is 0 Å². The number of nitrogens with one attached hydrogen (secondary N) is 1. The van der Waals surface area contributed by atoms with Crippen molar-refractivity contribution in [2.24, 2.45) is 0 Å². The Labute approximate surface area is 129 Å². The third-order valence-corrected chi connectivity index (χ3v) is 5.35. The number of benzene rings is 1. The average Bonchev–Trinajstić information content (AvgIpc) is 2.56. The van der Waals surface area contributed by atoms with Gasteiger partial charge in [0.05, 0.1) is 0 Å². The van der Waals surface area contributed by atoms with E-state index in [0.29, 0.717) is 6.04 Å². The quantitative estimate of drug-likeness (QED) is 0.818. The van der Waals surface area contributed by atoms with Gasteiger partial charge in [-0.05, 0) is 43.9 Å². The molecule has 1 N–H and O–H groups in total. The molecule has 2 saturated carbocycles. The summed E-state index contributed by atoms with van der Waals surface area (Å²) < 4.78 is 0. The lowest BCUT2D eigenvalue weighted by molar-refractivity contribution is 0.427. The van der Waals surface area contributed by atoms with Crippen LogP contribution in [0.3, 0.4) is 0 Å². The van der Waals surface area contributed by atoms with Crippen LogP contribution in [0, 0.1) is 0 Å². The number of hydrogen-bond acceptors (Lipinski definition) is 2. The van der Waals surface area contributed by atoms with Crippen molar-refractivity contribution in [2.45, 2.75) is 76.3 Å². The van der Waals surface area contributed by atoms with Crippen LogP contribution in [0.5, 0.6) is 0 Å². The number of anilines is 2. The molecule has 0 radical (unpaired) electrons. The molecule has 0 aliphatic heterocycles. The summed E-state index contributed by atoms with van der Waals surface area (Å²) in [6, 6.07) is 10.5. The van der Waals surface area contributed by atoms with Crippen LogP contribution in [0.4, 0.5) is 11.4 Å². The zero-order valence-corrected chi connectivity index (χ0v) is 13.5. The Morgan fingerprint density at radius 3 is 2.29 bits per heavy atom. The van der Waals surface area contributed by atoms with Crippen LogP contribution in [0.2, 0.25) is 0 Å². The molecule has 2 fully saturated rings. The van der Waals surface area contributed by atoms with Crippen molar-refractivity contribution in [3.05, 3.63) is 24.3 Å². The average molecular weight is 286 g/mol. The van der Waals surface area contributed by atoms with Crippen molar-refractivity contribution >= 4 is 11.4 Å². The van der Waals surface area contributed by atoms with Crippen molar-refractivity contribution in [3.63, 3.8) is 0 Å². The smallest absolute Gasteiger partial charge is 0.0386 e. The van der Waals surface area contributed by atoms with Crippen LogP contribution >= 0.6 is 0 Å². The topological polar surface area (TPSA) is 15.3 Å². The van der Waals surface area contributed by atoms with Gasteiger partial charge in [-0.15, -0.1) is 0 Å². The van der Waals surface area contributed by atoms with E-state index in [2.05, 4.69) is 41.5 Å². The van der Waals surface area contributed by atoms with Gasteiger partial charge in [-0.3, -0.25) is 0 Å². The molecule has 0 aromatic heterocycles. The molecule has 2 aliphatic rings. The number of nitrogens with zero attached hydrogens (tertiary/aromatic N) is 1. The molecule has 0 saturated heterocycles. The lowest BCUT2D eigenvalue weighted by Crippen LogP contribution is -2.33. The van der Waals surface area contributed by atoms with Crippen LogP contribution in [-0.2, 0) is 0 Å².